The lowest BCUT2D eigenvalue weighted by atomic mass is 9.76. The molecule has 1 heterocycles. The average molecular weight is 264 g/mol. The third kappa shape index (κ3) is 4.43. The molecule has 0 aliphatic carbocycles. The van der Waals surface area contributed by atoms with Crippen LogP contribution in [0, 0.1) is 5.41 Å². The SMILES string of the molecule is C/C=C(\C)CC(C/C=C/CC)(COC)C1=CNCN1. The van der Waals surface area contributed by atoms with Gasteiger partial charge in [-0.2, -0.15) is 0 Å². The maximum absolute atomic E-state index is 5.53. The average Bonchev–Trinajstić information content (AvgIpc) is 2.93. The van der Waals surface area contributed by atoms with Crippen molar-refractivity contribution in [2.24, 2.45) is 5.41 Å². The van der Waals surface area contributed by atoms with E-state index in [2.05, 4.69) is 55.8 Å². The molecule has 1 unspecified atom stereocenters. The highest BCUT2D eigenvalue weighted by Crippen LogP contribution is 2.38. The molecule has 0 saturated carbocycles. The highest BCUT2D eigenvalue weighted by molar-refractivity contribution is 5.21. The Kier molecular flexibility index (Phi) is 6.71. The van der Waals surface area contributed by atoms with Crippen LogP contribution in [0.2, 0.25) is 0 Å². The summed E-state index contributed by atoms with van der Waals surface area (Å²) < 4.78 is 5.53. The first-order valence-corrected chi connectivity index (χ1v) is 7.12. The van der Waals surface area contributed by atoms with E-state index in [1.54, 1.807) is 7.11 Å². The summed E-state index contributed by atoms with van der Waals surface area (Å²) in [7, 11) is 1.78. The maximum Gasteiger partial charge on any atom is 0.0843 e. The second-order valence-electron chi connectivity index (χ2n) is 5.22. The van der Waals surface area contributed by atoms with Crippen molar-refractivity contribution in [3.05, 3.63) is 35.7 Å². The zero-order chi connectivity index (χ0) is 14.1. The number of hydrogen-bond acceptors (Lipinski definition) is 3. The van der Waals surface area contributed by atoms with E-state index in [0.717, 1.165) is 32.5 Å². The maximum atomic E-state index is 5.53. The normalized spacial score (nSPS) is 18.9. The molecule has 19 heavy (non-hydrogen) atoms. The summed E-state index contributed by atoms with van der Waals surface area (Å²) in [6, 6.07) is 0. The predicted molar refractivity (Wildman–Crippen MR) is 81.6 cm³/mol. The van der Waals surface area contributed by atoms with Gasteiger partial charge in [0.05, 0.1) is 13.3 Å². The van der Waals surface area contributed by atoms with E-state index in [9.17, 15) is 0 Å². The molecule has 3 heteroatoms. The van der Waals surface area contributed by atoms with Crippen LogP contribution in [-0.4, -0.2) is 20.4 Å². The molecule has 0 fully saturated rings. The first-order valence-electron chi connectivity index (χ1n) is 7.12. The van der Waals surface area contributed by atoms with Crippen molar-refractivity contribution in [2.75, 3.05) is 20.4 Å². The van der Waals surface area contributed by atoms with Gasteiger partial charge in [-0.1, -0.05) is 30.7 Å². The summed E-state index contributed by atoms with van der Waals surface area (Å²) in [6.45, 7) is 8.00. The minimum atomic E-state index is 0.0144. The van der Waals surface area contributed by atoms with Crippen LogP contribution in [0.3, 0.4) is 0 Å². The lowest BCUT2D eigenvalue weighted by Gasteiger charge is -2.34. The van der Waals surface area contributed by atoms with Crippen molar-refractivity contribution in [1.29, 1.82) is 0 Å². The molecule has 0 spiro atoms. The van der Waals surface area contributed by atoms with E-state index in [-0.39, 0.29) is 5.41 Å². The Labute approximate surface area is 117 Å². The lowest BCUT2D eigenvalue weighted by molar-refractivity contribution is 0.101. The Balaban J connectivity index is 2.97. The van der Waals surface area contributed by atoms with Gasteiger partial charge in [-0.15, -0.1) is 0 Å². The number of hydrogen-bond donors (Lipinski definition) is 2. The van der Waals surface area contributed by atoms with Crippen molar-refractivity contribution in [1.82, 2.24) is 10.6 Å². The minimum Gasteiger partial charge on any atom is -0.384 e. The van der Waals surface area contributed by atoms with Crippen molar-refractivity contribution in [2.45, 2.75) is 40.0 Å². The Bertz CT molecular complexity index is 358. The topological polar surface area (TPSA) is 33.3 Å². The quantitative estimate of drug-likeness (QED) is 0.660. The number of methoxy groups -OCH3 is 1. The van der Waals surface area contributed by atoms with Gasteiger partial charge in [0.2, 0.25) is 0 Å². The molecule has 1 aliphatic rings. The number of nitrogens with one attached hydrogen (secondary N) is 2. The monoisotopic (exact) mass is 264 g/mol. The Morgan fingerprint density at radius 2 is 2.26 bits per heavy atom. The van der Waals surface area contributed by atoms with E-state index in [4.69, 9.17) is 4.74 Å². The zero-order valence-electron chi connectivity index (χ0n) is 12.8. The molecule has 1 rings (SSSR count). The zero-order valence-corrected chi connectivity index (χ0v) is 12.8. The molecule has 0 saturated heterocycles. The van der Waals surface area contributed by atoms with Crippen LogP contribution >= 0.6 is 0 Å². The third-order valence-corrected chi connectivity index (χ3v) is 3.64. The Hall–Kier alpha value is -1.22. The second kappa shape index (κ2) is 8.05. The highest BCUT2D eigenvalue weighted by Gasteiger charge is 2.35. The lowest BCUT2D eigenvalue weighted by Crippen LogP contribution is -2.34. The van der Waals surface area contributed by atoms with E-state index >= 15 is 0 Å². The van der Waals surface area contributed by atoms with Crippen LogP contribution in [0.4, 0.5) is 0 Å². The number of allylic oxidation sites excluding steroid dienone is 4. The molecular formula is C16H28N2O. The van der Waals surface area contributed by atoms with Crippen molar-refractivity contribution in [3.8, 4) is 0 Å². The molecule has 0 radical (unpaired) electrons. The predicted octanol–water partition coefficient (Wildman–Crippen LogP) is 3.32. The van der Waals surface area contributed by atoms with Gasteiger partial charge in [-0.05, 0) is 33.1 Å². The van der Waals surface area contributed by atoms with Gasteiger partial charge < -0.3 is 15.4 Å². The molecule has 0 bridgehead atoms. The molecule has 0 amide bonds. The first-order chi connectivity index (χ1) is 9.18. The van der Waals surface area contributed by atoms with Crippen LogP contribution in [0.5, 0.6) is 0 Å². The molecule has 108 valence electrons. The molecule has 0 aromatic carbocycles. The summed E-state index contributed by atoms with van der Waals surface area (Å²) in [5.74, 6) is 0. The largest absolute Gasteiger partial charge is 0.384 e. The standard InChI is InChI=1S/C16H28N2O/c1-5-7-8-9-16(12-19-4,10-14(3)6-2)15-11-17-13-18-15/h6-8,11,17-18H,5,9-10,12-13H2,1-4H3/b8-7+,14-6+. The van der Waals surface area contributed by atoms with E-state index in [1.807, 2.05) is 0 Å². The summed E-state index contributed by atoms with van der Waals surface area (Å²) in [6.07, 6.45) is 11.9. The summed E-state index contributed by atoms with van der Waals surface area (Å²) >= 11 is 0. The molecule has 2 N–H and O–H groups in total. The van der Waals surface area contributed by atoms with Crippen molar-refractivity contribution >= 4 is 0 Å². The molecule has 3 nitrogen and oxygen atoms in total. The fourth-order valence-electron chi connectivity index (χ4n) is 2.54. The molecule has 1 atom stereocenters. The Morgan fingerprint density at radius 1 is 1.47 bits per heavy atom. The molecule has 0 aromatic heterocycles. The summed E-state index contributed by atoms with van der Waals surface area (Å²) in [5, 5.41) is 6.69. The van der Waals surface area contributed by atoms with Gasteiger partial charge in [0, 0.05) is 24.4 Å². The number of rotatable bonds is 8. The van der Waals surface area contributed by atoms with Gasteiger partial charge in [0.25, 0.3) is 0 Å². The van der Waals surface area contributed by atoms with E-state index in [0.29, 0.717) is 0 Å². The molecule has 0 aromatic rings. The van der Waals surface area contributed by atoms with E-state index < -0.39 is 0 Å². The van der Waals surface area contributed by atoms with Gasteiger partial charge in [0.1, 0.15) is 0 Å². The first kappa shape index (κ1) is 15.8. The molecular weight excluding hydrogens is 236 g/mol. The minimum absolute atomic E-state index is 0.0144. The van der Waals surface area contributed by atoms with E-state index in [1.165, 1.54) is 11.3 Å². The van der Waals surface area contributed by atoms with Crippen molar-refractivity contribution < 1.29 is 4.74 Å². The van der Waals surface area contributed by atoms with Gasteiger partial charge in [-0.3, -0.25) is 0 Å². The van der Waals surface area contributed by atoms with Crippen LogP contribution in [0.25, 0.3) is 0 Å². The van der Waals surface area contributed by atoms with Gasteiger partial charge >= 0.3 is 0 Å². The van der Waals surface area contributed by atoms with Gasteiger partial charge in [0.15, 0.2) is 0 Å². The Morgan fingerprint density at radius 3 is 2.79 bits per heavy atom. The van der Waals surface area contributed by atoms with Crippen LogP contribution in [-0.2, 0) is 4.74 Å². The fourth-order valence-corrected chi connectivity index (χ4v) is 2.54. The van der Waals surface area contributed by atoms with Gasteiger partial charge in [-0.25, -0.2) is 0 Å². The fraction of sp³-hybridized carbons (Fsp3) is 0.625. The molecule has 1 aliphatic heterocycles. The van der Waals surface area contributed by atoms with Crippen LogP contribution in [0.15, 0.2) is 35.7 Å². The summed E-state index contributed by atoms with van der Waals surface area (Å²) in [4.78, 5) is 0. The number of ether oxygens (including phenoxy) is 1. The highest BCUT2D eigenvalue weighted by atomic mass is 16.5. The summed E-state index contributed by atoms with van der Waals surface area (Å²) in [5.41, 5.74) is 2.67. The third-order valence-electron chi connectivity index (χ3n) is 3.64. The van der Waals surface area contributed by atoms with Crippen LogP contribution < -0.4 is 10.6 Å². The van der Waals surface area contributed by atoms with Crippen LogP contribution in [0.1, 0.15) is 40.0 Å². The smallest absolute Gasteiger partial charge is 0.0843 e. The second-order valence-corrected chi connectivity index (χ2v) is 5.22. The van der Waals surface area contributed by atoms with Crippen molar-refractivity contribution in [3.63, 3.8) is 0 Å².